The number of ether oxygens (including phenoxy) is 2. The fourth-order valence-corrected chi connectivity index (χ4v) is 8.63. The molecular weight excluding hydrogens is 842 g/mol. The zero-order valence-electron chi connectivity index (χ0n) is 43.2. The molecule has 0 saturated heterocycles. The van der Waals surface area contributed by atoms with Crippen LogP contribution >= 0.6 is 7.82 Å². The summed E-state index contributed by atoms with van der Waals surface area (Å²) in [5.74, 6) is -0.330. The summed E-state index contributed by atoms with van der Waals surface area (Å²) in [7, 11) is -4.29. The van der Waals surface area contributed by atoms with Gasteiger partial charge in [0, 0.05) is 19.6 Å². The van der Waals surface area contributed by atoms with E-state index in [0.29, 0.717) is 13.0 Å². The highest BCUT2D eigenvalue weighted by molar-refractivity contribution is 7.47. The maximum Gasteiger partial charge on any atom is 0.472 e. The Hall–Kier alpha value is -1.80. The van der Waals surface area contributed by atoms with Crippen molar-refractivity contribution in [2.45, 2.75) is 264 Å². The van der Waals surface area contributed by atoms with E-state index in [1.807, 2.05) is 0 Å². The summed E-state index contributed by atoms with van der Waals surface area (Å²) < 4.78 is 33.7. The van der Waals surface area contributed by atoms with Gasteiger partial charge in [-0.25, -0.2) is 4.57 Å². The Kier molecular flexibility index (Phi) is 52.7. The van der Waals surface area contributed by atoms with Gasteiger partial charge >= 0.3 is 13.8 Å². The van der Waals surface area contributed by atoms with Crippen molar-refractivity contribution < 1.29 is 32.8 Å². The first-order valence-corrected chi connectivity index (χ1v) is 29.3. The standard InChI is InChI=1S/C57H106NO7P/c1-3-5-7-9-11-13-15-17-19-21-23-25-27-28-29-30-32-34-36-38-40-42-44-46-48-50-57(59)65-56(55-64-66(60,61)63-53-51-58)54-62-52-49-47-45-43-41-39-37-35-33-31-26-24-22-20-18-16-14-12-10-8-6-4-2/h6,8,12,14,18,20-21,23-24,26,56H,3-5,7,9-11,13,15-17,19,22,25,27-55,58H2,1-2H3,(H,60,61)/b8-6-,14-12-,20-18-,23-21-,26-24-. The molecule has 0 aliphatic rings. The minimum absolute atomic E-state index is 0.0979. The number of allylic oxidation sites excluding steroid dienone is 10. The molecule has 3 N–H and O–H groups in total. The van der Waals surface area contributed by atoms with Crippen LogP contribution in [0.2, 0.25) is 0 Å². The van der Waals surface area contributed by atoms with Crippen LogP contribution in [0.3, 0.4) is 0 Å². The third-order valence-electron chi connectivity index (χ3n) is 11.9. The van der Waals surface area contributed by atoms with Gasteiger partial charge in [-0.1, -0.05) is 235 Å². The summed E-state index contributed by atoms with van der Waals surface area (Å²) in [6.45, 7) is 4.83. The first kappa shape index (κ1) is 64.2. The number of esters is 1. The highest BCUT2D eigenvalue weighted by atomic mass is 31.2. The number of phosphoric ester groups is 1. The maximum absolute atomic E-state index is 12.7. The number of hydrogen-bond acceptors (Lipinski definition) is 7. The quantitative estimate of drug-likeness (QED) is 0.0268. The maximum atomic E-state index is 12.7. The second kappa shape index (κ2) is 54.1. The molecule has 2 atom stereocenters. The van der Waals surface area contributed by atoms with E-state index >= 15 is 0 Å². The van der Waals surface area contributed by atoms with Crippen LogP contribution in [0.15, 0.2) is 60.8 Å². The van der Waals surface area contributed by atoms with Crippen molar-refractivity contribution in [3.63, 3.8) is 0 Å². The van der Waals surface area contributed by atoms with Crippen molar-refractivity contribution in [1.82, 2.24) is 0 Å². The van der Waals surface area contributed by atoms with E-state index in [4.69, 9.17) is 24.3 Å². The molecule has 0 bridgehead atoms. The van der Waals surface area contributed by atoms with Crippen LogP contribution in [-0.2, 0) is 27.9 Å². The Morgan fingerprint density at radius 1 is 0.470 bits per heavy atom. The average molecular weight is 948 g/mol. The van der Waals surface area contributed by atoms with Gasteiger partial charge in [-0.15, -0.1) is 0 Å². The van der Waals surface area contributed by atoms with Gasteiger partial charge in [-0.3, -0.25) is 13.8 Å². The normalized spacial score (nSPS) is 13.7. The van der Waals surface area contributed by atoms with Crippen LogP contribution in [0, 0.1) is 0 Å². The monoisotopic (exact) mass is 948 g/mol. The zero-order chi connectivity index (χ0) is 48.0. The first-order valence-electron chi connectivity index (χ1n) is 27.8. The molecule has 8 nitrogen and oxygen atoms in total. The predicted octanol–water partition coefficient (Wildman–Crippen LogP) is 17.7. The molecule has 0 rings (SSSR count). The second-order valence-electron chi connectivity index (χ2n) is 18.4. The molecule has 66 heavy (non-hydrogen) atoms. The molecule has 0 aliphatic carbocycles. The summed E-state index contributed by atoms with van der Waals surface area (Å²) >= 11 is 0. The Morgan fingerprint density at radius 2 is 0.848 bits per heavy atom. The van der Waals surface area contributed by atoms with Crippen molar-refractivity contribution in [3.05, 3.63) is 60.8 Å². The highest BCUT2D eigenvalue weighted by Crippen LogP contribution is 2.43. The van der Waals surface area contributed by atoms with Gasteiger partial charge < -0.3 is 20.1 Å². The number of rotatable bonds is 53. The minimum Gasteiger partial charge on any atom is -0.457 e. The lowest BCUT2D eigenvalue weighted by atomic mass is 10.0. The summed E-state index contributed by atoms with van der Waals surface area (Å²) in [5, 5.41) is 0. The van der Waals surface area contributed by atoms with Gasteiger partial charge in [0.1, 0.15) is 6.10 Å². The Bertz CT molecular complexity index is 1200. The van der Waals surface area contributed by atoms with Gasteiger partial charge in [0.05, 0.1) is 19.8 Å². The molecule has 0 amide bonds. The van der Waals surface area contributed by atoms with Gasteiger partial charge in [-0.2, -0.15) is 0 Å². The average Bonchev–Trinajstić information content (AvgIpc) is 3.31. The third kappa shape index (κ3) is 53.2. The number of phosphoric acid groups is 1. The smallest absolute Gasteiger partial charge is 0.457 e. The molecule has 9 heteroatoms. The summed E-state index contributed by atoms with van der Waals surface area (Å²) in [6.07, 6.45) is 68.4. The Balaban J connectivity index is 3.90. The highest BCUT2D eigenvalue weighted by Gasteiger charge is 2.25. The fraction of sp³-hybridized carbons (Fsp3) is 0.807. The van der Waals surface area contributed by atoms with Crippen LogP contribution in [0.5, 0.6) is 0 Å². The number of unbranched alkanes of at least 4 members (excludes halogenated alkanes) is 30. The molecule has 2 unspecified atom stereocenters. The van der Waals surface area contributed by atoms with Gasteiger partial charge in [0.15, 0.2) is 0 Å². The molecule has 0 aromatic rings. The molecule has 0 aromatic carbocycles. The van der Waals surface area contributed by atoms with Crippen LogP contribution in [0.25, 0.3) is 0 Å². The van der Waals surface area contributed by atoms with Crippen molar-refractivity contribution in [2.75, 3.05) is 33.0 Å². The lowest BCUT2D eigenvalue weighted by Crippen LogP contribution is -2.28. The fourth-order valence-electron chi connectivity index (χ4n) is 7.87. The third-order valence-corrected chi connectivity index (χ3v) is 12.9. The van der Waals surface area contributed by atoms with E-state index in [1.165, 1.54) is 180 Å². The molecule has 0 heterocycles. The molecule has 0 aliphatic heterocycles. The topological polar surface area (TPSA) is 117 Å². The van der Waals surface area contributed by atoms with Crippen molar-refractivity contribution in [2.24, 2.45) is 5.73 Å². The molecular formula is C57H106NO7P. The SMILES string of the molecule is CC/C=C\C/C=C\C/C=C\C/C=C\CCCCCCCCCCCOCC(COP(=O)(O)OCCN)OC(=O)CCCCCCCCCCCCCCC/C=C\CCCCCCCCCC. The van der Waals surface area contributed by atoms with Gasteiger partial charge in [0.2, 0.25) is 0 Å². The molecule has 0 radical (unpaired) electrons. The lowest BCUT2D eigenvalue weighted by Gasteiger charge is -2.20. The van der Waals surface area contributed by atoms with E-state index in [2.05, 4.69) is 74.6 Å². The van der Waals surface area contributed by atoms with Crippen LogP contribution in [0.1, 0.15) is 258 Å². The van der Waals surface area contributed by atoms with Gasteiger partial charge in [-0.05, 0) is 77.0 Å². The lowest BCUT2D eigenvalue weighted by molar-refractivity contribution is -0.154. The summed E-state index contributed by atoms with van der Waals surface area (Å²) in [5.41, 5.74) is 5.40. The van der Waals surface area contributed by atoms with Crippen molar-refractivity contribution in [3.8, 4) is 0 Å². The number of nitrogens with two attached hydrogens (primary N) is 1. The predicted molar refractivity (Wildman–Crippen MR) is 284 cm³/mol. The molecule has 0 fully saturated rings. The van der Waals surface area contributed by atoms with E-state index in [9.17, 15) is 14.3 Å². The second-order valence-corrected chi connectivity index (χ2v) is 19.9. The van der Waals surface area contributed by atoms with E-state index in [1.54, 1.807) is 0 Å². The van der Waals surface area contributed by atoms with E-state index in [-0.39, 0.29) is 32.3 Å². The molecule has 386 valence electrons. The molecule has 0 saturated carbocycles. The van der Waals surface area contributed by atoms with Crippen LogP contribution < -0.4 is 5.73 Å². The summed E-state index contributed by atoms with van der Waals surface area (Å²) in [6, 6.07) is 0. The largest absolute Gasteiger partial charge is 0.472 e. The first-order chi connectivity index (χ1) is 32.4. The number of carbonyl (C=O) groups excluding carboxylic acids is 1. The zero-order valence-corrected chi connectivity index (χ0v) is 44.1. The van der Waals surface area contributed by atoms with E-state index in [0.717, 1.165) is 57.8 Å². The number of hydrogen-bond donors (Lipinski definition) is 2. The van der Waals surface area contributed by atoms with E-state index < -0.39 is 13.9 Å². The van der Waals surface area contributed by atoms with Crippen molar-refractivity contribution in [1.29, 1.82) is 0 Å². The Morgan fingerprint density at radius 3 is 1.29 bits per heavy atom. The van der Waals surface area contributed by atoms with Gasteiger partial charge in [0.25, 0.3) is 0 Å². The molecule has 0 aromatic heterocycles. The van der Waals surface area contributed by atoms with Crippen LogP contribution in [-0.4, -0.2) is 49.9 Å². The van der Waals surface area contributed by atoms with Crippen molar-refractivity contribution >= 4 is 13.8 Å². The minimum atomic E-state index is -4.29. The molecule has 0 spiro atoms. The number of carbonyl (C=O) groups is 1. The Labute approximate surface area is 408 Å². The summed E-state index contributed by atoms with van der Waals surface area (Å²) in [4.78, 5) is 22.7. The van der Waals surface area contributed by atoms with Crippen LogP contribution in [0.4, 0.5) is 0 Å².